The minimum atomic E-state index is -0.522. The molecule has 0 saturated carbocycles. The lowest BCUT2D eigenvalue weighted by Crippen LogP contribution is -2.50. The van der Waals surface area contributed by atoms with Gasteiger partial charge in [-0.05, 0) is 42.7 Å². The van der Waals surface area contributed by atoms with Crippen LogP contribution in [0.15, 0.2) is 36.4 Å². The van der Waals surface area contributed by atoms with Crippen LogP contribution < -0.4 is 4.74 Å². The van der Waals surface area contributed by atoms with Crippen molar-refractivity contribution in [1.29, 1.82) is 0 Å². The normalized spacial score (nSPS) is 25.5. The van der Waals surface area contributed by atoms with Crippen molar-refractivity contribution in [1.82, 2.24) is 0 Å². The van der Waals surface area contributed by atoms with Crippen molar-refractivity contribution in [2.75, 3.05) is 19.8 Å². The molecule has 24 heavy (non-hydrogen) atoms. The van der Waals surface area contributed by atoms with Crippen LogP contribution in [0.2, 0.25) is 5.02 Å². The Morgan fingerprint density at radius 1 is 1.04 bits per heavy atom. The van der Waals surface area contributed by atoms with Gasteiger partial charge in [0.25, 0.3) is 0 Å². The van der Waals surface area contributed by atoms with E-state index < -0.39 is 17.0 Å². The summed E-state index contributed by atoms with van der Waals surface area (Å²) in [6, 6.07) is 9.85. The standard InChI is InChI=1S/C19H17ClF2O2/c20-14-3-1-12(2-4-14)9-19-7-8-23-10-13(19)11-24-18-16(22)6-5-15(21)17(18)19/h1-6,13H,7-11H2/t13-,19+/m0/s1. The molecule has 5 heteroatoms. The summed E-state index contributed by atoms with van der Waals surface area (Å²) in [5, 5.41) is 0.657. The van der Waals surface area contributed by atoms with Crippen molar-refractivity contribution in [2.45, 2.75) is 18.3 Å². The maximum absolute atomic E-state index is 14.7. The van der Waals surface area contributed by atoms with Crippen molar-refractivity contribution in [3.8, 4) is 5.75 Å². The molecule has 0 bridgehead atoms. The van der Waals surface area contributed by atoms with Crippen LogP contribution in [0.3, 0.4) is 0 Å². The second-order valence-corrected chi connectivity index (χ2v) is 6.96. The summed E-state index contributed by atoms with van der Waals surface area (Å²) in [5.41, 5.74) is 0.881. The highest BCUT2D eigenvalue weighted by Crippen LogP contribution is 2.50. The van der Waals surface area contributed by atoms with Gasteiger partial charge < -0.3 is 9.47 Å². The number of halogens is 3. The van der Waals surface area contributed by atoms with E-state index in [0.29, 0.717) is 43.2 Å². The predicted octanol–water partition coefficient (Wildman–Crippen LogP) is 4.53. The molecule has 0 amide bonds. The zero-order valence-electron chi connectivity index (χ0n) is 13.0. The topological polar surface area (TPSA) is 18.5 Å². The first-order valence-corrected chi connectivity index (χ1v) is 8.41. The zero-order valence-corrected chi connectivity index (χ0v) is 13.8. The Bertz CT molecular complexity index is 763. The molecule has 0 N–H and O–H groups in total. The van der Waals surface area contributed by atoms with E-state index >= 15 is 0 Å². The summed E-state index contributed by atoms with van der Waals surface area (Å²) in [7, 11) is 0. The molecule has 0 aromatic heterocycles. The second kappa shape index (κ2) is 6.01. The first-order valence-electron chi connectivity index (χ1n) is 8.03. The van der Waals surface area contributed by atoms with Crippen molar-refractivity contribution in [2.24, 2.45) is 5.92 Å². The molecule has 0 spiro atoms. The minimum absolute atomic E-state index is 0.00859. The molecular weight excluding hydrogens is 334 g/mol. The van der Waals surface area contributed by atoms with Crippen molar-refractivity contribution >= 4 is 11.6 Å². The number of fused-ring (bicyclic) bond motifs is 3. The van der Waals surface area contributed by atoms with E-state index in [4.69, 9.17) is 21.1 Å². The summed E-state index contributed by atoms with van der Waals surface area (Å²) < 4.78 is 40.1. The molecule has 4 rings (SSSR count). The summed E-state index contributed by atoms with van der Waals surface area (Å²) >= 11 is 5.97. The third-order valence-corrected chi connectivity index (χ3v) is 5.46. The van der Waals surface area contributed by atoms with Crippen molar-refractivity contribution in [3.05, 3.63) is 64.2 Å². The molecule has 2 heterocycles. The molecule has 2 nitrogen and oxygen atoms in total. The lowest BCUT2D eigenvalue weighted by molar-refractivity contribution is -0.0355. The fourth-order valence-corrected chi connectivity index (χ4v) is 4.12. The van der Waals surface area contributed by atoms with E-state index in [0.717, 1.165) is 11.6 Å². The van der Waals surface area contributed by atoms with E-state index in [9.17, 15) is 8.78 Å². The first-order chi connectivity index (χ1) is 11.6. The van der Waals surface area contributed by atoms with Gasteiger partial charge in [-0.15, -0.1) is 0 Å². The number of ether oxygens (including phenoxy) is 2. The maximum Gasteiger partial charge on any atom is 0.165 e. The highest BCUT2D eigenvalue weighted by molar-refractivity contribution is 6.30. The first kappa shape index (κ1) is 15.9. The third-order valence-electron chi connectivity index (χ3n) is 5.21. The smallest absolute Gasteiger partial charge is 0.165 e. The monoisotopic (exact) mass is 350 g/mol. The van der Waals surface area contributed by atoms with Gasteiger partial charge in [0.15, 0.2) is 11.6 Å². The highest BCUT2D eigenvalue weighted by Gasteiger charge is 2.49. The molecule has 1 fully saturated rings. The van der Waals surface area contributed by atoms with E-state index in [1.807, 2.05) is 24.3 Å². The van der Waals surface area contributed by atoms with Gasteiger partial charge >= 0.3 is 0 Å². The molecule has 0 aliphatic carbocycles. The lowest BCUT2D eigenvalue weighted by Gasteiger charge is -2.48. The van der Waals surface area contributed by atoms with Gasteiger partial charge in [0.2, 0.25) is 0 Å². The lowest BCUT2D eigenvalue weighted by atomic mass is 9.63. The molecular formula is C19H17ClF2O2. The van der Waals surface area contributed by atoms with Crippen molar-refractivity contribution < 1.29 is 18.3 Å². The Kier molecular flexibility index (Phi) is 3.97. The number of rotatable bonds is 2. The Labute approximate surface area is 144 Å². The van der Waals surface area contributed by atoms with Crippen LogP contribution in [0.4, 0.5) is 8.78 Å². The molecule has 0 radical (unpaired) electrons. The number of benzene rings is 2. The zero-order chi connectivity index (χ0) is 16.7. The molecule has 1 saturated heterocycles. The van der Waals surface area contributed by atoms with Gasteiger partial charge in [0.05, 0.1) is 13.2 Å². The van der Waals surface area contributed by atoms with E-state index in [1.54, 1.807) is 0 Å². The van der Waals surface area contributed by atoms with Crippen molar-refractivity contribution in [3.63, 3.8) is 0 Å². The van der Waals surface area contributed by atoms with Crippen LogP contribution >= 0.6 is 11.6 Å². The number of hydrogen-bond donors (Lipinski definition) is 0. The summed E-state index contributed by atoms with van der Waals surface area (Å²) in [6.07, 6.45) is 1.24. The molecule has 2 atom stereocenters. The largest absolute Gasteiger partial charge is 0.490 e. The Balaban J connectivity index is 1.85. The van der Waals surface area contributed by atoms with Crippen LogP contribution in [0.1, 0.15) is 17.5 Å². The van der Waals surface area contributed by atoms with Crippen LogP contribution in [-0.4, -0.2) is 19.8 Å². The van der Waals surface area contributed by atoms with Crippen LogP contribution in [0.5, 0.6) is 5.75 Å². The van der Waals surface area contributed by atoms with Crippen LogP contribution in [0, 0.1) is 17.6 Å². The fourth-order valence-electron chi connectivity index (χ4n) is 3.99. The molecule has 126 valence electrons. The average Bonchev–Trinajstić information content (AvgIpc) is 2.59. The van der Waals surface area contributed by atoms with Crippen LogP contribution in [-0.2, 0) is 16.6 Å². The third kappa shape index (κ3) is 2.49. The van der Waals surface area contributed by atoms with Gasteiger partial charge in [0.1, 0.15) is 5.82 Å². The maximum atomic E-state index is 14.7. The average molecular weight is 351 g/mol. The van der Waals surface area contributed by atoms with E-state index in [1.165, 1.54) is 6.07 Å². The highest BCUT2D eigenvalue weighted by atomic mass is 35.5. The predicted molar refractivity (Wildman–Crippen MR) is 87.6 cm³/mol. The van der Waals surface area contributed by atoms with Gasteiger partial charge in [-0.25, -0.2) is 8.78 Å². The minimum Gasteiger partial charge on any atom is -0.490 e. The summed E-state index contributed by atoms with van der Waals surface area (Å²) in [4.78, 5) is 0. The molecule has 2 aliphatic heterocycles. The molecule has 0 unspecified atom stereocenters. The molecule has 2 aliphatic rings. The van der Waals surface area contributed by atoms with Gasteiger partial charge in [-0.1, -0.05) is 23.7 Å². The van der Waals surface area contributed by atoms with Crippen LogP contribution in [0.25, 0.3) is 0 Å². The SMILES string of the molecule is Fc1ccc(F)c2c1OC[C@@H]1COCC[C@]21Cc1ccc(Cl)cc1. The Morgan fingerprint density at radius 3 is 2.58 bits per heavy atom. The van der Waals surface area contributed by atoms with Gasteiger partial charge in [-0.3, -0.25) is 0 Å². The fraction of sp³-hybridized carbons (Fsp3) is 0.368. The summed E-state index contributed by atoms with van der Waals surface area (Å²) in [5.74, 6) is -0.869. The quantitative estimate of drug-likeness (QED) is 0.792. The van der Waals surface area contributed by atoms with Gasteiger partial charge in [-0.2, -0.15) is 0 Å². The molecule has 2 aromatic carbocycles. The van der Waals surface area contributed by atoms with Gasteiger partial charge in [0, 0.05) is 28.5 Å². The Morgan fingerprint density at radius 2 is 1.79 bits per heavy atom. The van der Waals surface area contributed by atoms with E-state index in [2.05, 4.69) is 0 Å². The number of hydrogen-bond acceptors (Lipinski definition) is 2. The molecule has 2 aromatic rings. The Hall–Kier alpha value is -1.65. The summed E-state index contributed by atoms with van der Waals surface area (Å²) in [6.45, 7) is 1.35. The second-order valence-electron chi connectivity index (χ2n) is 6.53. The van der Waals surface area contributed by atoms with E-state index in [-0.39, 0.29) is 11.7 Å².